The van der Waals surface area contributed by atoms with Crippen LogP contribution in [0.2, 0.25) is 0 Å². The van der Waals surface area contributed by atoms with Crippen molar-refractivity contribution in [2.24, 2.45) is 0 Å². The Balaban J connectivity index is 0. The van der Waals surface area contributed by atoms with E-state index in [1.165, 1.54) is 6.92 Å². The molecule has 1 amide bonds. The quantitative estimate of drug-likeness (QED) is 0.311. The van der Waals surface area contributed by atoms with E-state index in [1.807, 2.05) is 0 Å². The third kappa shape index (κ3) is 11.1. The first-order chi connectivity index (χ1) is 5.99. The second-order valence-corrected chi connectivity index (χ2v) is 2.45. The lowest BCUT2D eigenvalue weighted by atomic mass is 10.3. The SMILES string of the molecule is CC(=O)N[C@@H](CS)C(=O)O.N=C=S. The van der Waals surface area contributed by atoms with E-state index >= 15 is 0 Å². The molecule has 0 fully saturated rings. The first-order valence-corrected chi connectivity index (χ1v) is 4.18. The molecular formula is C6H10N2O3S2. The molecule has 7 heteroatoms. The Morgan fingerprint density at radius 3 is 2.23 bits per heavy atom. The first kappa shape index (κ1) is 14.6. The van der Waals surface area contributed by atoms with E-state index in [9.17, 15) is 9.59 Å². The number of isothiocyanates is 1. The highest BCUT2D eigenvalue weighted by atomic mass is 32.1. The summed E-state index contributed by atoms with van der Waals surface area (Å²) in [5.41, 5.74) is 0. The molecule has 0 aliphatic carbocycles. The van der Waals surface area contributed by atoms with Crippen LogP contribution in [0.15, 0.2) is 0 Å². The number of amides is 1. The summed E-state index contributed by atoms with van der Waals surface area (Å²) in [6.07, 6.45) is 0. The minimum Gasteiger partial charge on any atom is -0.480 e. The van der Waals surface area contributed by atoms with Crippen LogP contribution in [0.4, 0.5) is 0 Å². The second-order valence-electron chi connectivity index (χ2n) is 1.88. The van der Waals surface area contributed by atoms with Crippen molar-refractivity contribution in [1.29, 1.82) is 5.41 Å². The zero-order chi connectivity index (χ0) is 10.9. The molecule has 13 heavy (non-hydrogen) atoms. The highest BCUT2D eigenvalue weighted by Crippen LogP contribution is 1.86. The fraction of sp³-hybridized carbons (Fsp3) is 0.500. The molecule has 0 aromatic carbocycles. The van der Waals surface area contributed by atoms with Crippen molar-refractivity contribution in [3.05, 3.63) is 0 Å². The summed E-state index contributed by atoms with van der Waals surface area (Å²) in [5.74, 6) is -1.32. The van der Waals surface area contributed by atoms with Crippen molar-refractivity contribution in [3.8, 4) is 0 Å². The average Bonchev–Trinajstić information content (AvgIpc) is 2.00. The van der Waals surface area contributed by atoms with Gasteiger partial charge in [0.2, 0.25) is 5.91 Å². The van der Waals surface area contributed by atoms with Crippen LogP contribution in [0.25, 0.3) is 0 Å². The third-order valence-electron chi connectivity index (χ3n) is 0.858. The van der Waals surface area contributed by atoms with Crippen LogP contribution in [0.5, 0.6) is 0 Å². The summed E-state index contributed by atoms with van der Waals surface area (Å²) in [5, 5.41) is 17.9. The Kier molecular flexibility index (Phi) is 10.3. The largest absolute Gasteiger partial charge is 0.480 e. The summed E-state index contributed by atoms with van der Waals surface area (Å²) in [6, 6.07) is -0.874. The van der Waals surface area contributed by atoms with E-state index in [1.54, 1.807) is 5.16 Å². The Bertz CT molecular complexity index is 214. The molecule has 0 saturated carbocycles. The fourth-order valence-electron chi connectivity index (χ4n) is 0.431. The predicted octanol–water partition coefficient (Wildman–Crippen LogP) is 0.173. The zero-order valence-electron chi connectivity index (χ0n) is 6.90. The topological polar surface area (TPSA) is 90.2 Å². The van der Waals surface area contributed by atoms with Gasteiger partial charge in [0.15, 0.2) is 0 Å². The summed E-state index contributed by atoms with van der Waals surface area (Å²) in [6.45, 7) is 1.26. The van der Waals surface area contributed by atoms with Gasteiger partial charge in [-0.15, -0.1) is 0 Å². The summed E-state index contributed by atoms with van der Waals surface area (Å²) in [4.78, 5) is 20.5. The molecule has 0 aliphatic rings. The van der Waals surface area contributed by atoms with E-state index in [-0.39, 0.29) is 11.7 Å². The Morgan fingerprint density at radius 2 is 2.15 bits per heavy atom. The second kappa shape index (κ2) is 9.18. The summed E-state index contributed by atoms with van der Waals surface area (Å²) >= 11 is 7.54. The molecule has 5 nitrogen and oxygen atoms in total. The van der Waals surface area contributed by atoms with Gasteiger partial charge in [-0.1, -0.05) is 0 Å². The van der Waals surface area contributed by atoms with Crippen molar-refractivity contribution in [3.63, 3.8) is 0 Å². The van der Waals surface area contributed by atoms with Crippen LogP contribution < -0.4 is 5.32 Å². The van der Waals surface area contributed by atoms with Crippen molar-refractivity contribution in [2.75, 3.05) is 5.75 Å². The van der Waals surface area contributed by atoms with Crippen LogP contribution in [0.1, 0.15) is 6.92 Å². The van der Waals surface area contributed by atoms with E-state index < -0.39 is 12.0 Å². The van der Waals surface area contributed by atoms with E-state index in [4.69, 9.17) is 10.5 Å². The van der Waals surface area contributed by atoms with Gasteiger partial charge in [-0.25, -0.2) is 10.2 Å². The minimum absolute atomic E-state index is 0.106. The van der Waals surface area contributed by atoms with Crippen molar-refractivity contribution < 1.29 is 14.7 Å². The van der Waals surface area contributed by atoms with Gasteiger partial charge in [-0.2, -0.15) is 12.6 Å². The number of aliphatic carboxylic acids is 1. The summed E-state index contributed by atoms with van der Waals surface area (Å²) in [7, 11) is 0. The third-order valence-corrected chi connectivity index (χ3v) is 1.22. The van der Waals surface area contributed by atoms with Gasteiger partial charge in [0, 0.05) is 12.7 Å². The molecule has 3 N–H and O–H groups in total. The number of nitrogens with one attached hydrogen (secondary N) is 2. The number of hydrogen-bond donors (Lipinski definition) is 4. The van der Waals surface area contributed by atoms with Gasteiger partial charge in [-0.05, 0) is 12.2 Å². The van der Waals surface area contributed by atoms with Crippen molar-refractivity contribution in [1.82, 2.24) is 5.32 Å². The number of thiol groups is 1. The normalized spacial score (nSPS) is 10.0. The molecule has 0 unspecified atom stereocenters. The molecule has 0 aromatic heterocycles. The Hall–Kier alpha value is -0.910. The van der Waals surface area contributed by atoms with Gasteiger partial charge < -0.3 is 10.4 Å². The van der Waals surface area contributed by atoms with Gasteiger partial charge in [0.05, 0.1) is 5.16 Å². The number of carbonyl (C=O) groups excluding carboxylic acids is 1. The Labute approximate surface area is 86.4 Å². The first-order valence-electron chi connectivity index (χ1n) is 3.14. The predicted molar refractivity (Wildman–Crippen MR) is 54.4 cm³/mol. The number of carboxylic acid groups (broad SMARTS) is 1. The standard InChI is InChI=1S/C5H9NO3S.CHNS/c1-3(7)6-4(2-10)5(8)9;2-1-3/h4,10H,2H2,1H3,(H,6,7)(H,8,9);2H/t4-;/m0./s1. The molecule has 0 rings (SSSR count). The zero-order valence-corrected chi connectivity index (χ0v) is 8.61. The lowest BCUT2D eigenvalue weighted by Crippen LogP contribution is -2.40. The Morgan fingerprint density at radius 1 is 1.77 bits per heavy atom. The van der Waals surface area contributed by atoms with Gasteiger partial charge >= 0.3 is 5.97 Å². The van der Waals surface area contributed by atoms with Gasteiger partial charge in [-0.3, -0.25) is 4.79 Å². The number of carboxylic acids is 1. The highest BCUT2D eigenvalue weighted by Gasteiger charge is 2.14. The number of thiocarbonyl (C=S) groups is 1. The van der Waals surface area contributed by atoms with Crippen LogP contribution in [-0.4, -0.2) is 33.9 Å². The van der Waals surface area contributed by atoms with Crippen molar-refractivity contribution in [2.45, 2.75) is 13.0 Å². The number of rotatable bonds is 3. The monoisotopic (exact) mass is 222 g/mol. The highest BCUT2D eigenvalue weighted by molar-refractivity contribution is 7.80. The minimum atomic E-state index is -1.06. The fourth-order valence-corrected chi connectivity index (χ4v) is 0.678. The number of carbonyl (C=O) groups is 2. The van der Waals surface area contributed by atoms with Crippen LogP contribution in [-0.2, 0) is 9.59 Å². The maximum Gasteiger partial charge on any atom is 0.327 e. The molecule has 0 radical (unpaired) electrons. The van der Waals surface area contributed by atoms with Gasteiger partial charge in [0.1, 0.15) is 6.04 Å². The molecular weight excluding hydrogens is 212 g/mol. The lowest BCUT2D eigenvalue weighted by Gasteiger charge is -2.08. The number of hydrogen-bond acceptors (Lipinski definition) is 5. The molecule has 0 aliphatic heterocycles. The molecule has 0 bridgehead atoms. The molecule has 0 aromatic rings. The van der Waals surface area contributed by atoms with E-state index in [0.717, 1.165) is 0 Å². The maximum absolute atomic E-state index is 10.3. The summed E-state index contributed by atoms with van der Waals surface area (Å²) < 4.78 is 0. The van der Waals surface area contributed by atoms with Crippen molar-refractivity contribution >= 4 is 41.9 Å². The molecule has 0 saturated heterocycles. The molecule has 74 valence electrons. The maximum atomic E-state index is 10.3. The smallest absolute Gasteiger partial charge is 0.327 e. The van der Waals surface area contributed by atoms with Gasteiger partial charge in [0.25, 0.3) is 0 Å². The van der Waals surface area contributed by atoms with E-state index in [2.05, 4.69) is 30.2 Å². The van der Waals surface area contributed by atoms with Crippen LogP contribution >= 0.6 is 24.8 Å². The molecule has 1 atom stereocenters. The lowest BCUT2D eigenvalue weighted by molar-refractivity contribution is -0.140. The van der Waals surface area contributed by atoms with E-state index in [0.29, 0.717) is 0 Å². The molecule has 0 heterocycles. The average molecular weight is 222 g/mol. The molecule has 0 spiro atoms. The van der Waals surface area contributed by atoms with Crippen LogP contribution in [0, 0.1) is 5.41 Å². The van der Waals surface area contributed by atoms with Crippen LogP contribution in [0.3, 0.4) is 0 Å².